The lowest BCUT2D eigenvalue weighted by molar-refractivity contribution is -0.142. The van der Waals surface area contributed by atoms with E-state index in [9.17, 15) is 38.7 Å². The van der Waals surface area contributed by atoms with Crippen LogP contribution in [0, 0.1) is 11.8 Å². The quantitative estimate of drug-likeness (QED) is 0.0215. The van der Waals surface area contributed by atoms with E-state index in [1.165, 1.54) is 40.9 Å². The highest BCUT2D eigenvalue weighted by Gasteiger charge is 2.30. The molecule has 304 valence electrons. The van der Waals surface area contributed by atoms with Crippen molar-refractivity contribution in [3.63, 3.8) is 0 Å². The third-order valence-corrected chi connectivity index (χ3v) is 10.7. The number of nitrogens with two attached hydrogens (primary N) is 2. The van der Waals surface area contributed by atoms with Crippen LogP contribution >= 0.6 is 21.6 Å². The molecule has 9 N–H and O–H groups in total. The van der Waals surface area contributed by atoms with E-state index >= 15 is 0 Å². The van der Waals surface area contributed by atoms with Gasteiger partial charge in [-0.3, -0.25) is 38.6 Å². The minimum atomic E-state index is -1.24. The van der Waals surface area contributed by atoms with Crippen LogP contribution in [0.2, 0.25) is 0 Å². The first-order chi connectivity index (χ1) is 25.3. The lowest BCUT2D eigenvalue weighted by atomic mass is 9.93. The van der Waals surface area contributed by atoms with Crippen molar-refractivity contribution in [1.82, 2.24) is 21.3 Å². The van der Waals surface area contributed by atoms with Crippen LogP contribution in [0.1, 0.15) is 124 Å². The molecule has 3 atom stereocenters. The van der Waals surface area contributed by atoms with Crippen LogP contribution < -0.4 is 32.7 Å². The zero-order chi connectivity index (χ0) is 39.9. The van der Waals surface area contributed by atoms with E-state index in [2.05, 4.69) is 33.2 Å². The van der Waals surface area contributed by atoms with E-state index < -0.39 is 42.0 Å². The highest BCUT2D eigenvalue weighted by atomic mass is 33.1. The summed E-state index contributed by atoms with van der Waals surface area (Å²) in [5.74, 6) is -3.63. The molecule has 0 unspecified atom stereocenters. The molecule has 4 amide bonds. The predicted molar refractivity (Wildman–Crippen MR) is 212 cm³/mol. The second kappa shape index (κ2) is 32.1. The van der Waals surface area contributed by atoms with Crippen molar-refractivity contribution in [2.45, 2.75) is 130 Å². The van der Waals surface area contributed by atoms with Crippen molar-refractivity contribution in [3.8, 4) is 0 Å². The molecule has 15 nitrogen and oxygen atoms in total. The van der Waals surface area contributed by atoms with Crippen LogP contribution in [-0.2, 0) is 33.6 Å². The zero-order valence-corrected chi connectivity index (χ0v) is 33.6. The summed E-state index contributed by atoms with van der Waals surface area (Å²) in [6.07, 6.45) is 8.90. The lowest BCUT2D eigenvalue weighted by Crippen LogP contribution is -2.45. The number of ketones is 2. The molecule has 0 heterocycles. The van der Waals surface area contributed by atoms with E-state index in [4.69, 9.17) is 11.5 Å². The van der Waals surface area contributed by atoms with E-state index in [-0.39, 0.29) is 61.7 Å². The minimum absolute atomic E-state index is 0.0247. The van der Waals surface area contributed by atoms with Gasteiger partial charge in [-0.05, 0) is 32.1 Å². The first-order valence-electron chi connectivity index (χ1n) is 19.0. The fourth-order valence-corrected chi connectivity index (χ4v) is 7.02. The molecule has 0 saturated heterocycles. The molecule has 0 aliphatic rings. The molecule has 0 aromatic heterocycles. The molecule has 0 saturated carbocycles. The molecular formula is C36H65N7O8S2. The molecule has 17 heteroatoms. The molecule has 0 radical (unpaired) electrons. The maximum atomic E-state index is 13.2. The highest BCUT2D eigenvalue weighted by molar-refractivity contribution is 8.76. The van der Waals surface area contributed by atoms with Crippen LogP contribution in [0.5, 0.6) is 0 Å². The van der Waals surface area contributed by atoms with Crippen molar-refractivity contribution in [1.29, 1.82) is 0 Å². The Balaban J connectivity index is 4.40. The van der Waals surface area contributed by atoms with E-state index in [0.717, 1.165) is 38.6 Å². The Morgan fingerprint density at radius 3 is 1.94 bits per heavy atom. The summed E-state index contributed by atoms with van der Waals surface area (Å²) in [6, 6.07) is -1.02. The molecule has 0 spiro atoms. The maximum absolute atomic E-state index is 13.2. The second-order valence-electron chi connectivity index (χ2n) is 13.1. The number of hydrogen-bond donors (Lipinski definition) is 7. The van der Waals surface area contributed by atoms with Gasteiger partial charge in [0, 0.05) is 75.7 Å². The molecule has 0 aliphatic carbocycles. The average molecular weight is 788 g/mol. The number of amides is 4. The third kappa shape index (κ3) is 28.8. The van der Waals surface area contributed by atoms with Gasteiger partial charge in [0.2, 0.25) is 23.6 Å². The van der Waals surface area contributed by atoms with Crippen molar-refractivity contribution in [2.24, 2.45) is 28.3 Å². The van der Waals surface area contributed by atoms with Crippen LogP contribution in [0.15, 0.2) is 4.99 Å². The van der Waals surface area contributed by atoms with Crippen LogP contribution in [0.4, 0.5) is 0 Å². The zero-order valence-electron chi connectivity index (χ0n) is 32.0. The molecule has 0 aromatic rings. The van der Waals surface area contributed by atoms with Gasteiger partial charge >= 0.3 is 5.97 Å². The van der Waals surface area contributed by atoms with Crippen LogP contribution in [0.25, 0.3) is 0 Å². The Bertz CT molecular complexity index is 1150. The summed E-state index contributed by atoms with van der Waals surface area (Å²) in [6.45, 7) is 7.29. The number of carbonyl (C=O) groups excluding carboxylic acids is 6. The molecular weight excluding hydrogens is 723 g/mol. The molecule has 0 aliphatic heterocycles. The standard InChI is InChI=1S/C36H65N7O8S2/c1-4-6-7-8-11-17-39-31(46)15-10-9-12-18-40-32(47)16-21-52-53-22-20-41-34(50)26(3)23-30(45)29(14-13-19-42-36(37)38)43-35(51)27(25-33(48)49)24-28(44)5-2/h26-27,29H,4-25H2,1-3H3,(H,39,46)(H,40,47)(H,41,50)(H,43,51)(H,48,49)(H4,37,38,42)/t26-,27+,29+/m1/s1. The molecule has 0 aromatic carbocycles. The smallest absolute Gasteiger partial charge is 0.304 e. The SMILES string of the molecule is CCCCCCCNC(=O)CCCCCNC(=O)CCSSCCNC(=O)[C@H](C)CC(=O)[C@H](CCCN=C(N)N)NC(=O)[C@H](CC(=O)O)CC(=O)CC. The van der Waals surface area contributed by atoms with Crippen molar-refractivity contribution < 1.29 is 38.7 Å². The van der Waals surface area contributed by atoms with Crippen LogP contribution in [0.3, 0.4) is 0 Å². The summed E-state index contributed by atoms with van der Waals surface area (Å²) >= 11 is 0. The molecule has 0 bridgehead atoms. The van der Waals surface area contributed by atoms with Crippen molar-refractivity contribution >= 4 is 68.7 Å². The minimum Gasteiger partial charge on any atom is -0.481 e. The van der Waals surface area contributed by atoms with Gasteiger partial charge < -0.3 is 37.8 Å². The third-order valence-electron chi connectivity index (χ3n) is 8.25. The van der Waals surface area contributed by atoms with Crippen LogP contribution in [-0.4, -0.2) is 96.0 Å². The Morgan fingerprint density at radius 2 is 1.32 bits per heavy atom. The van der Waals surface area contributed by atoms with Gasteiger partial charge in [0.25, 0.3) is 0 Å². The van der Waals surface area contributed by atoms with Gasteiger partial charge in [0.1, 0.15) is 5.78 Å². The normalized spacial score (nSPS) is 12.5. The van der Waals surface area contributed by atoms with Gasteiger partial charge in [0.05, 0.1) is 18.4 Å². The molecule has 0 rings (SSSR count). The lowest BCUT2D eigenvalue weighted by Gasteiger charge is -2.22. The number of carbonyl (C=O) groups is 7. The average Bonchev–Trinajstić information content (AvgIpc) is 3.10. The van der Waals surface area contributed by atoms with Crippen molar-refractivity contribution in [2.75, 3.05) is 37.7 Å². The molecule has 53 heavy (non-hydrogen) atoms. The number of carboxylic acid groups (broad SMARTS) is 1. The number of guanidine groups is 1. The van der Waals surface area contributed by atoms with Gasteiger partial charge in [-0.1, -0.05) is 74.5 Å². The topological polar surface area (TPSA) is 252 Å². The molecule has 0 fully saturated rings. The summed E-state index contributed by atoms with van der Waals surface area (Å²) in [5, 5.41) is 20.5. The number of carboxylic acids is 1. The Hall–Kier alpha value is -3.34. The summed E-state index contributed by atoms with van der Waals surface area (Å²) in [5.41, 5.74) is 10.7. The van der Waals surface area contributed by atoms with Gasteiger partial charge in [0.15, 0.2) is 11.7 Å². The maximum Gasteiger partial charge on any atom is 0.304 e. The first-order valence-corrected chi connectivity index (χ1v) is 21.5. The van der Waals surface area contributed by atoms with E-state index in [1.54, 1.807) is 13.8 Å². The predicted octanol–water partition coefficient (Wildman–Crippen LogP) is 3.23. The highest BCUT2D eigenvalue weighted by Crippen LogP contribution is 2.21. The number of nitrogens with zero attached hydrogens (tertiary/aromatic N) is 1. The number of aliphatic carboxylic acids is 1. The Kier molecular flexibility index (Phi) is 30.1. The number of rotatable bonds is 34. The number of aliphatic imine (C=N–C) groups is 1. The fourth-order valence-electron chi connectivity index (χ4n) is 5.12. The fraction of sp³-hybridized carbons (Fsp3) is 0.778. The summed E-state index contributed by atoms with van der Waals surface area (Å²) in [4.78, 5) is 90.1. The Labute approximate surface area is 323 Å². The van der Waals surface area contributed by atoms with E-state index in [1.807, 2.05) is 0 Å². The largest absolute Gasteiger partial charge is 0.481 e. The van der Waals surface area contributed by atoms with Crippen molar-refractivity contribution in [3.05, 3.63) is 0 Å². The second-order valence-corrected chi connectivity index (χ2v) is 15.8. The number of hydrogen-bond acceptors (Lipinski definition) is 10. The van der Waals surface area contributed by atoms with Gasteiger partial charge in [-0.2, -0.15) is 0 Å². The number of Topliss-reactive ketones (excluding diaryl/α,β-unsaturated/α-hetero) is 2. The summed E-state index contributed by atoms with van der Waals surface area (Å²) < 4.78 is 0. The summed E-state index contributed by atoms with van der Waals surface area (Å²) in [7, 11) is 3.05. The Morgan fingerprint density at radius 1 is 0.698 bits per heavy atom. The van der Waals surface area contributed by atoms with E-state index in [0.29, 0.717) is 43.9 Å². The van der Waals surface area contributed by atoms with Gasteiger partial charge in [-0.25, -0.2) is 0 Å². The number of unbranched alkanes of at least 4 members (excludes halogenated alkanes) is 6. The van der Waals surface area contributed by atoms with Gasteiger partial charge in [-0.15, -0.1) is 0 Å². The number of nitrogens with one attached hydrogen (secondary N) is 4. The first kappa shape index (κ1) is 49.7. The monoisotopic (exact) mass is 787 g/mol.